The van der Waals surface area contributed by atoms with Gasteiger partial charge >= 0.3 is 20.3 Å². The number of carbonyl (C=O) groups excluding carboxylic acids is 1. The van der Waals surface area contributed by atoms with Gasteiger partial charge in [0.25, 0.3) is 5.91 Å². The number of phenols is 1. The van der Waals surface area contributed by atoms with Gasteiger partial charge in [-0.15, -0.1) is 0 Å². The van der Waals surface area contributed by atoms with Crippen molar-refractivity contribution in [2.75, 3.05) is 17.1 Å². The quantitative estimate of drug-likeness (QED) is 0.657. The third-order valence-electron chi connectivity index (χ3n) is 4.03. The van der Waals surface area contributed by atoms with Crippen molar-refractivity contribution in [1.29, 1.82) is 0 Å². The van der Waals surface area contributed by atoms with E-state index >= 15 is 0 Å². The molecule has 0 spiro atoms. The number of aryl methyl sites for hydroxylation is 1. The van der Waals surface area contributed by atoms with Gasteiger partial charge in [0.15, 0.2) is 5.82 Å². The first-order valence-corrected chi connectivity index (χ1v) is 11.4. The molecule has 156 valence electrons. The first-order valence-electron chi connectivity index (χ1n) is 8.19. The minimum Gasteiger partial charge on any atom is -0.506 e. The Kier molecular flexibility index (Phi) is 5.17. The van der Waals surface area contributed by atoms with Crippen LogP contribution in [0.25, 0.3) is 0 Å². The molecule has 29 heavy (non-hydrogen) atoms. The largest absolute Gasteiger partial charge is 0.506 e. The summed E-state index contributed by atoms with van der Waals surface area (Å²) in [6, 6.07) is 6.96. The zero-order valence-corrected chi connectivity index (χ0v) is 17.0. The highest BCUT2D eigenvalue weighted by atomic mass is 32.2. The van der Waals surface area contributed by atoms with Crippen LogP contribution < -0.4 is 13.2 Å². The molecule has 1 heterocycles. The third kappa shape index (κ3) is 4.59. The average Bonchev–Trinajstić information content (AvgIpc) is 2.80. The van der Waals surface area contributed by atoms with Gasteiger partial charge in [-0.2, -0.15) is 16.8 Å². The van der Waals surface area contributed by atoms with Crippen LogP contribution in [0.3, 0.4) is 0 Å². The third-order valence-corrected chi connectivity index (χ3v) is 5.89. The number of rotatable bonds is 5. The van der Waals surface area contributed by atoms with Crippen molar-refractivity contribution in [1.82, 2.24) is 4.72 Å². The summed E-state index contributed by atoms with van der Waals surface area (Å²) in [5.41, 5.74) is 0.747. The number of nitrogens with zero attached hydrogens (tertiary/aromatic N) is 1. The Labute approximate surface area is 167 Å². The number of benzene rings is 2. The lowest BCUT2D eigenvalue weighted by molar-refractivity contribution is -0.117. The molecule has 0 bridgehead atoms. The molecule has 1 aliphatic rings. The van der Waals surface area contributed by atoms with E-state index < -0.39 is 50.0 Å². The van der Waals surface area contributed by atoms with Gasteiger partial charge < -0.3 is 9.29 Å². The topological polar surface area (TPSA) is 130 Å². The van der Waals surface area contributed by atoms with Gasteiger partial charge in [-0.1, -0.05) is 12.1 Å². The van der Waals surface area contributed by atoms with Crippen LogP contribution >= 0.6 is 0 Å². The van der Waals surface area contributed by atoms with E-state index in [2.05, 4.69) is 0 Å². The maximum absolute atomic E-state index is 14.6. The van der Waals surface area contributed by atoms with E-state index in [-0.39, 0.29) is 17.7 Å². The molecule has 0 aliphatic carbocycles. The smallest absolute Gasteiger partial charge is 0.326 e. The van der Waals surface area contributed by atoms with E-state index in [0.717, 1.165) is 24.0 Å². The van der Waals surface area contributed by atoms with Crippen molar-refractivity contribution in [3.8, 4) is 11.5 Å². The fourth-order valence-electron chi connectivity index (χ4n) is 2.90. The second kappa shape index (κ2) is 7.19. The van der Waals surface area contributed by atoms with Crippen molar-refractivity contribution in [2.45, 2.75) is 13.3 Å². The van der Waals surface area contributed by atoms with Crippen LogP contribution in [0.2, 0.25) is 0 Å². The Bertz CT molecular complexity index is 1190. The van der Waals surface area contributed by atoms with Gasteiger partial charge in [0.2, 0.25) is 0 Å². The number of aromatic hydroxyl groups is 1. The summed E-state index contributed by atoms with van der Waals surface area (Å²) in [7, 11) is -8.09. The van der Waals surface area contributed by atoms with Crippen LogP contribution in [0.15, 0.2) is 30.3 Å². The van der Waals surface area contributed by atoms with Crippen molar-refractivity contribution in [3.05, 3.63) is 52.8 Å². The normalized spacial score (nSPS) is 16.0. The lowest BCUT2D eigenvalue weighted by atomic mass is 10.0. The molecule has 2 aromatic rings. The van der Waals surface area contributed by atoms with Gasteiger partial charge in [-0.05, 0) is 36.2 Å². The molecule has 1 fully saturated rings. The van der Waals surface area contributed by atoms with E-state index in [1.165, 1.54) is 6.07 Å². The molecule has 2 aromatic carbocycles. The molecule has 0 radical (unpaired) electrons. The molecule has 0 atom stereocenters. The number of halogens is 1. The lowest BCUT2D eigenvalue weighted by Gasteiger charge is -2.18. The van der Waals surface area contributed by atoms with Crippen LogP contribution in [0, 0.1) is 12.7 Å². The Morgan fingerprint density at radius 2 is 1.97 bits per heavy atom. The van der Waals surface area contributed by atoms with Crippen LogP contribution in [-0.4, -0.2) is 40.6 Å². The SMILES string of the molecule is Cc1ccc(Cc2cc(O)c(N3CC(=O)NS3(=O)=O)c(F)c2)c(OS(C)(=O)=O)c1. The number of hydrogen-bond donors (Lipinski definition) is 2. The number of carbonyl (C=O) groups is 1. The van der Waals surface area contributed by atoms with Crippen LogP contribution in [-0.2, 0) is 31.5 Å². The Balaban J connectivity index is 1.98. The fourth-order valence-corrected chi connectivity index (χ4v) is 4.55. The highest BCUT2D eigenvalue weighted by Gasteiger charge is 2.37. The van der Waals surface area contributed by atoms with Gasteiger partial charge in [0.1, 0.15) is 23.7 Å². The standard InChI is InChI=1S/C17H17FN2O7S2/c1-10-3-4-12(15(5-10)27-28(2,23)24)6-11-7-13(18)17(14(21)8-11)20-9-16(22)19-29(20,25)26/h3-5,7-8,21H,6,9H2,1-2H3,(H,19,22). The monoisotopic (exact) mass is 444 g/mol. The summed E-state index contributed by atoms with van der Waals surface area (Å²) >= 11 is 0. The number of amides is 1. The molecule has 0 aromatic heterocycles. The number of hydrogen-bond acceptors (Lipinski definition) is 7. The fraction of sp³-hybridized carbons (Fsp3) is 0.235. The molecule has 0 unspecified atom stereocenters. The second-order valence-electron chi connectivity index (χ2n) is 6.56. The Morgan fingerprint density at radius 1 is 1.28 bits per heavy atom. The summed E-state index contributed by atoms with van der Waals surface area (Å²) in [4.78, 5) is 11.4. The molecule has 12 heteroatoms. The highest BCUT2D eigenvalue weighted by molar-refractivity contribution is 7.92. The first-order chi connectivity index (χ1) is 13.4. The highest BCUT2D eigenvalue weighted by Crippen LogP contribution is 2.35. The molecule has 2 N–H and O–H groups in total. The summed E-state index contributed by atoms with van der Waals surface area (Å²) in [5.74, 6) is -2.53. The van der Waals surface area contributed by atoms with E-state index in [1.807, 2.05) is 0 Å². The first kappa shape index (κ1) is 20.9. The van der Waals surface area contributed by atoms with Crippen molar-refractivity contribution in [2.24, 2.45) is 0 Å². The maximum atomic E-state index is 14.6. The van der Waals surface area contributed by atoms with Crippen LogP contribution in [0.4, 0.5) is 10.1 Å². The maximum Gasteiger partial charge on any atom is 0.326 e. The lowest BCUT2D eigenvalue weighted by Crippen LogP contribution is -2.30. The minimum absolute atomic E-state index is 0.000175. The summed E-state index contributed by atoms with van der Waals surface area (Å²) < 4.78 is 68.5. The molecule has 1 aliphatic heterocycles. The van der Waals surface area contributed by atoms with Gasteiger partial charge in [0, 0.05) is 12.0 Å². The summed E-state index contributed by atoms with van der Waals surface area (Å²) in [5, 5.41) is 10.2. The van der Waals surface area contributed by atoms with Crippen molar-refractivity contribution < 1.29 is 35.3 Å². The van der Waals surface area contributed by atoms with E-state index in [1.54, 1.807) is 23.8 Å². The number of anilines is 1. The molecule has 0 saturated carbocycles. The van der Waals surface area contributed by atoms with E-state index in [0.29, 0.717) is 9.87 Å². The molecule has 1 saturated heterocycles. The van der Waals surface area contributed by atoms with Gasteiger partial charge in [0.05, 0.1) is 6.26 Å². The van der Waals surface area contributed by atoms with E-state index in [9.17, 15) is 31.1 Å². The summed E-state index contributed by atoms with van der Waals surface area (Å²) in [6.45, 7) is 1.08. The number of nitrogens with one attached hydrogen (secondary N) is 1. The molecular formula is C17H17FN2O7S2. The van der Waals surface area contributed by atoms with E-state index in [4.69, 9.17) is 4.18 Å². The summed E-state index contributed by atoms with van der Waals surface area (Å²) in [6.07, 6.45) is 0.894. The van der Waals surface area contributed by atoms with Crippen molar-refractivity contribution >= 4 is 31.9 Å². The second-order valence-corrected chi connectivity index (χ2v) is 9.73. The van der Waals surface area contributed by atoms with Crippen LogP contribution in [0.1, 0.15) is 16.7 Å². The number of phenolic OH excluding ortho intramolecular Hbond substituents is 1. The molecule has 1 amide bonds. The zero-order valence-electron chi connectivity index (χ0n) is 15.3. The Morgan fingerprint density at radius 3 is 2.52 bits per heavy atom. The molecule has 9 nitrogen and oxygen atoms in total. The minimum atomic E-state index is -4.29. The molecule has 3 rings (SSSR count). The zero-order chi connectivity index (χ0) is 21.6. The van der Waals surface area contributed by atoms with Crippen molar-refractivity contribution in [3.63, 3.8) is 0 Å². The molecular weight excluding hydrogens is 427 g/mol. The average molecular weight is 444 g/mol. The van der Waals surface area contributed by atoms with Gasteiger partial charge in [-0.25, -0.2) is 13.4 Å². The predicted octanol–water partition coefficient (Wildman–Crippen LogP) is 0.950. The Hall–Kier alpha value is -2.86. The van der Waals surface area contributed by atoms with Crippen LogP contribution in [0.5, 0.6) is 11.5 Å². The van der Waals surface area contributed by atoms with Gasteiger partial charge in [-0.3, -0.25) is 4.79 Å². The predicted molar refractivity (Wildman–Crippen MR) is 102 cm³/mol.